The molecular formula is C16H29IN4O2S. The van der Waals surface area contributed by atoms with Gasteiger partial charge in [-0.25, -0.2) is 4.99 Å². The first kappa shape index (κ1) is 21.6. The van der Waals surface area contributed by atoms with Crippen molar-refractivity contribution in [3.63, 3.8) is 0 Å². The number of rotatable bonds is 6. The molecule has 2 rings (SSSR count). The number of halogens is 1. The molecule has 0 saturated carbocycles. The molecule has 1 aliphatic heterocycles. The van der Waals surface area contributed by atoms with Crippen LogP contribution in [0.2, 0.25) is 0 Å². The molecule has 1 aliphatic rings. The SMILES string of the molecule is CCNC(=NCC(C)(O)c1cccs1)NCC1CN(C)CCO1.I. The lowest BCUT2D eigenvalue weighted by atomic mass is 10.1. The van der Waals surface area contributed by atoms with Crippen molar-refractivity contribution in [1.82, 2.24) is 15.5 Å². The summed E-state index contributed by atoms with van der Waals surface area (Å²) in [5.74, 6) is 0.709. The maximum absolute atomic E-state index is 10.6. The second-order valence-electron chi connectivity index (χ2n) is 6.08. The third-order valence-electron chi connectivity index (χ3n) is 3.78. The van der Waals surface area contributed by atoms with Gasteiger partial charge in [-0.05, 0) is 32.3 Å². The van der Waals surface area contributed by atoms with Crippen LogP contribution in [0.5, 0.6) is 0 Å². The van der Waals surface area contributed by atoms with Crippen LogP contribution in [-0.2, 0) is 10.3 Å². The minimum absolute atomic E-state index is 0. The van der Waals surface area contributed by atoms with Crippen LogP contribution in [0.15, 0.2) is 22.5 Å². The van der Waals surface area contributed by atoms with E-state index in [2.05, 4.69) is 27.6 Å². The van der Waals surface area contributed by atoms with E-state index in [9.17, 15) is 5.11 Å². The molecule has 1 saturated heterocycles. The van der Waals surface area contributed by atoms with Crippen LogP contribution >= 0.6 is 35.3 Å². The van der Waals surface area contributed by atoms with Crippen LogP contribution in [-0.4, -0.2) is 68.4 Å². The first-order valence-corrected chi connectivity index (χ1v) is 8.98. The molecular weight excluding hydrogens is 439 g/mol. The number of hydrogen-bond donors (Lipinski definition) is 3. The molecule has 24 heavy (non-hydrogen) atoms. The number of morpholine rings is 1. The summed E-state index contributed by atoms with van der Waals surface area (Å²) in [6.45, 7) is 8.28. The molecule has 0 aliphatic carbocycles. The van der Waals surface area contributed by atoms with Crippen molar-refractivity contribution in [1.29, 1.82) is 0 Å². The van der Waals surface area contributed by atoms with Gasteiger partial charge in [-0.15, -0.1) is 35.3 Å². The minimum atomic E-state index is -0.946. The van der Waals surface area contributed by atoms with Gasteiger partial charge in [0.2, 0.25) is 0 Å². The van der Waals surface area contributed by atoms with E-state index in [0.29, 0.717) is 19.0 Å². The highest BCUT2D eigenvalue weighted by molar-refractivity contribution is 14.0. The highest BCUT2D eigenvalue weighted by Crippen LogP contribution is 2.25. The van der Waals surface area contributed by atoms with Crippen molar-refractivity contribution >= 4 is 41.3 Å². The summed E-state index contributed by atoms with van der Waals surface area (Å²) in [4.78, 5) is 7.72. The summed E-state index contributed by atoms with van der Waals surface area (Å²) in [6, 6.07) is 3.88. The van der Waals surface area contributed by atoms with Crippen molar-refractivity contribution < 1.29 is 9.84 Å². The van der Waals surface area contributed by atoms with Gasteiger partial charge in [-0.2, -0.15) is 0 Å². The van der Waals surface area contributed by atoms with E-state index < -0.39 is 5.60 Å². The van der Waals surface area contributed by atoms with E-state index in [1.165, 1.54) is 0 Å². The number of guanidine groups is 1. The quantitative estimate of drug-likeness (QED) is 0.335. The van der Waals surface area contributed by atoms with E-state index >= 15 is 0 Å². The summed E-state index contributed by atoms with van der Waals surface area (Å²) in [5.41, 5.74) is -0.946. The summed E-state index contributed by atoms with van der Waals surface area (Å²) in [7, 11) is 2.10. The van der Waals surface area contributed by atoms with Crippen LogP contribution in [0.3, 0.4) is 0 Å². The van der Waals surface area contributed by atoms with Crippen molar-refractivity contribution in [3.05, 3.63) is 22.4 Å². The molecule has 6 nitrogen and oxygen atoms in total. The van der Waals surface area contributed by atoms with Crippen molar-refractivity contribution in [2.45, 2.75) is 25.6 Å². The second-order valence-corrected chi connectivity index (χ2v) is 7.03. The Hall–Kier alpha value is -0.420. The number of ether oxygens (including phenoxy) is 1. The van der Waals surface area contributed by atoms with Gasteiger partial charge in [0, 0.05) is 31.1 Å². The van der Waals surface area contributed by atoms with Crippen molar-refractivity contribution in [2.24, 2.45) is 4.99 Å². The second kappa shape index (κ2) is 10.5. The predicted molar refractivity (Wildman–Crippen MR) is 111 cm³/mol. The lowest BCUT2D eigenvalue weighted by Gasteiger charge is -2.30. The standard InChI is InChI=1S/C16H28N4O2S.HI/c1-4-17-15(18-10-13-11-20(3)7-8-22-13)19-12-16(2,21)14-6-5-9-23-14;/h5-6,9,13,21H,4,7-8,10-12H2,1-3H3,(H2,17,18,19);1H. The molecule has 1 aromatic heterocycles. The minimum Gasteiger partial charge on any atom is -0.383 e. The maximum atomic E-state index is 10.6. The fourth-order valence-electron chi connectivity index (χ4n) is 2.44. The Labute approximate surface area is 165 Å². The van der Waals surface area contributed by atoms with E-state index in [1.54, 1.807) is 18.3 Å². The normalized spacial score (nSPS) is 21.7. The Balaban J connectivity index is 0.00000288. The average Bonchev–Trinajstić information content (AvgIpc) is 3.05. The van der Waals surface area contributed by atoms with Gasteiger partial charge in [0.15, 0.2) is 5.96 Å². The summed E-state index contributed by atoms with van der Waals surface area (Å²) in [6.07, 6.45) is 0.162. The van der Waals surface area contributed by atoms with Gasteiger partial charge in [0.1, 0.15) is 5.60 Å². The zero-order valence-corrected chi connectivity index (χ0v) is 17.8. The maximum Gasteiger partial charge on any atom is 0.191 e. The van der Waals surface area contributed by atoms with Crippen LogP contribution in [0.25, 0.3) is 0 Å². The third-order valence-corrected chi connectivity index (χ3v) is 4.90. The third kappa shape index (κ3) is 6.83. The average molecular weight is 468 g/mol. The first-order chi connectivity index (χ1) is 11.0. The molecule has 0 bridgehead atoms. The molecule has 138 valence electrons. The zero-order chi connectivity index (χ0) is 16.7. The van der Waals surface area contributed by atoms with E-state index in [1.807, 2.05) is 24.4 Å². The summed E-state index contributed by atoms with van der Waals surface area (Å²) >= 11 is 1.55. The lowest BCUT2D eigenvalue weighted by molar-refractivity contribution is -0.0161. The van der Waals surface area contributed by atoms with Crippen molar-refractivity contribution in [2.75, 3.05) is 46.4 Å². The van der Waals surface area contributed by atoms with Crippen LogP contribution in [0.4, 0.5) is 0 Å². The molecule has 2 atom stereocenters. The van der Waals surface area contributed by atoms with E-state index in [4.69, 9.17) is 4.74 Å². The molecule has 0 spiro atoms. The summed E-state index contributed by atoms with van der Waals surface area (Å²) < 4.78 is 5.75. The van der Waals surface area contributed by atoms with Crippen LogP contribution < -0.4 is 10.6 Å². The molecule has 2 heterocycles. The van der Waals surface area contributed by atoms with Crippen LogP contribution in [0.1, 0.15) is 18.7 Å². The number of nitrogens with one attached hydrogen (secondary N) is 2. The number of hydrogen-bond acceptors (Lipinski definition) is 5. The van der Waals surface area contributed by atoms with Crippen LogP contribution in [0, 0.1) is 0 Å². The Morgan fingerprint density at radius 2 is 2.33 bits per heavy atom. The van der Waals surface area contributed by atoms with Gasteiger partial charge in [-0.1, -0.05) is 6.07 Å². The Morgan fingerprint density at radius 1 is 1.54 bits per heavy atom. The number of aliphatic imine (C=N–C) groups is 1. The first-order valence-electron chi connectivity index (χ1n) is 8.10. The fourth-order valence-corrected chi connectivity index (χ4v) is 3.22. The van der Waals surface area contributed by atoms with Gasteiger partial charge in [0.05, 0.1) is 19.3 Å². The van der Waals surface area contributed by atoms with Crippen molar-refractivity contribution in [3.8, 4) is 0 Å². The smallest absolute Gasteiger partial charge is 0.191 e. The predicted octanol–water partition coefficient (Wildman–Crippen LogP) is 1.46. The number of aliphatic hydroxyl groups is 1. The number of likely N-dealkylation sites (N-methyl/N-ethyl adjacent to an activating group) is 1. The van der Waals surface area contributed by atoms with Gasteiger partial charge >= 0.3 is 0 Å². The van der Waals surface area contributed by atoms with Gasteiger partial charge in [-0.3, -0.25) is 0 Å². The Bertz CT molecular complexity index is 496. The topological polar surface area (TPSA) is 69.1 Å². The largest absolute Gasteiger partial charge is 0.383 e. The molecule has 2 unspecified atom stereocenters. The van der Waals surface area contributed by atoms with E-state index in [0.717, 1.165) is 31.1 Å². The monoisotopic (exact) mass is 468 g/mol. The van der Waals surface area contributed by atoms with E-state index in [-0.39, 0.29) is 30.1 Å². The molecule has 1 aromatic rings. The lowest BCUT2D eigenvalue weighted by Crippen LogP contribution is -2.48. The fraction of sp³-hybridized carbons (Fsp3) is 0.688. The van der Waals surface area contributed by atoms with Gasteiger partial charge < -0.3 is 25.4 Å². The summed E-state index contributed by atoms with van der Waals surface area (Å²) in [5, 5.41) is 19.0. The molecule has 3 N–H and O–H groups in total. The number of thiophene rings is 1. The highest BCUT2D eigenvalue weighted by Gasteiger charge is 2.24. The molecule has 0 aromatic carbocycles. The molecule has 8 heteroatoms. The molecule has 0 amide bonds. The molecule has 0 radical (unpaired) electrons. The zero-order valence-electron chi connectivity index (χ0n) is 14.6. The molecule has 1 fully saturated rings. The highest BCUT2D eigenvalue weighted by atomic mass is 127. The Kier molecular flexibility index (Phi) is 9.50. The number of nitrogens with zero attached hydrogens (tertiary/aromatic N) is 2. The van der Waals surface area contributed by atoms with Gasteiger partial charge in [0.25, 0.3) is 0 Å². The Morgan fingerprint density at radius 3 is 2.96 bits per heavy atom.